The number of fused-ring (bicyclic) bond motifs is 1. The third kappa shape index (κ3) is 4.82. The molecule has 0 amide bonds. The number of carboxylic acids is 1. The quantitative estimate of drug-likeness (QED) is 0.373. The zero-order valence-electron chi connectivity index (χ0n) is 22.0. The van der Waals surface area contributed by atoms with Gasteiger partial charge in [-0.25, -0.2) is 19.7 Å². The molecule has 3 aromatic rings. The first-order valence-electron chi connectivity index (χ1n) is 14.2. The average Bonchev–Trinajstić information content (AvgIpc) is 3.17. The van der Waals surface area contributed by atoms with Crippen LogP contribution < -0.4 is 5.32 Å². The standard InChI is InChI=1S/C29H38N6O2/c1-17-9-11-19(12-10-17)16-35-24-25(31-18(2)20-5-3-6-20)32-27(29(36)37)33-26(24)34-28(35)23-15-22(13-14-30-23)21-7-4-8-21/h13-15,17-21H,3-12,16H2,1-2H3,(H,36,37)(H,31,32,33)/t17-,18-,19-/m1/s1. The van der Waals surface area contributed by atoms with Crippen LogP contribution in [-0.4, -0.2) is 41.6 Å². The van der Waals surface area contributed by atoms with Gasteiger partial charge in [0.25, 0.3) is 0 Å². The van der Waals surface area contributed by atoms with E-state index in [0.29, 0.717) is 29.2 Å². The second-order valence-electron chi connectivity index (χ2n) is 11.8. The van der Waals surface area contributed by atoms with Crippen molar-refractivity contribution in [3.8, 4) is 11.5 Å². The van der Waals surface area contributed by atoms with E-state index < -0.39 is 5.97 Å². The molecule has 8 heteroatoms. The van der Waals surface area contributed by atoms with Gasteiger partial charge in [0.05, 0.1) is 0 Å². The second kappa shape index (κ2) is 10.0. The highest BCUT2D eigenvalue weighted by atomic mass is 16.4. The monoisotopic (exact) mass is 502 g/mol. The summed E-state index contributed by atoms with van der Waals surface area (Å²) in [6.07, 6.45) is 14.1. The molecule has 0 bridgehead atoms. The van der Waals surface area contributed by atoms with Crippen molar-refractivity contribution in [2.75, 3.05) is 5.32 Å². The van der Waals surface area contributed by atoms with E-state index >= 15 is 0 Å². The van der Waals surface area contributed by atoms with Crippen LogP contribution in [0.5, 0.6) is 0 Å². The molecule has 3 aliphatic carbocycles. The van der Waals surface area contributed by atoms with Gasteiger partial charge >= 0.3 is 5.97 Å². The van der Waals surface area contributed by atoms with Crippen LogP contribution in [0, 0.1) is 17.8 Å². The van der Waals surface area contributed by atoms with E-state index in [9.17, 15) is 9.90 Å². The summed E-state index contributed by atoms with van der Waals surface area (Å²) < 4.78 is 2.24. The Labute approximate surface area is 218 Å². The highest BCUT2D eigenvalue weighted by Crippen LogP contribution is 2.39. The number of anilines is 1. The van der Waals surface area contributed by atoms with E-state index in [1.807, 2.05) is 6.20 Å². The minimum Gasteiger partial charge on any atom is -0.475 e. The second-order valence-corrected chi connectivity index (χ2v) is 11.8. The first-order chi connectivity index (χ1) is 18.0. The van der Waals surface area contributed by atoms with Gasteiger partial charge in [-0.3, -0.25) is 4.98 Å². The van der Waals surface area contributed by atoms with Crippen LogP contribution in [0.4, 0.5) is 5.82 Å². The van der Waals surface area contributed by atoms with Crippen LogP contribution in [0.3, 0.4) is 0 Å². The molecule has 3 aromatic heterocycles. The minimum atomic E-state index is -1.14. The smallest absolute Gasteiger partial charge is 0.374 e. The van der Waals surface area contributed by atoms with Crippen LogP contribution in [0.2, 0.25) is 0 Å². The maximum Gasteiger partial charge on any atom is 0.374 e. The summed E-state index contributed by atoms with van der Waals surface area (Å²) in [4.78, 5) is 30.6. The van der Waals surface area contributed by atoms with Crippen LogP contribution in [0.1, 0.15) is 100 Å². The molecule has 2 N–H and O–H groups in total. The maximum absolute atomic E-state index is 12.0. The number of aromatic nitrogens is 5. The van der Waals surface area contributed by atoms with E-state index in [-0.39, 0.29) is 11.9 Å². The molecule has 6 rings (SSSR count). The SMILES string of the molecule is C[C@@H](Nc1nc(C(=O)O)nc2nc(-c3cc(C4CCC4)ccn3)n(C[C@H]3CC[C@H](C)CC3)c12)C1CCC1. The summed E-state index contributed by atoms with van der Waals surface area (Å²) in [5, 5.41) is 13.4. The zero-order valence-corrected chi connectivity index (χ0v) is 22.0. The van der Waals surface area contributed by atoms with Crippen LogP contribution in [-0.2, 0) is 6.54 Å². The molecule has 0 saturated heterocycles. The van der Waals surface area contributed by atoms with Gasteiger partial charge in [-0.1, -0.05) is 32.6 Å². The maximum atomic E-state index is 12.0. The number of hydrogen-bond donors (Lipinski definition) is 2. The number of carbonyl (C=O) groups is 1. The van der Waals surface area contributed by atoms with E-state index in [0.717, 1.165) is 29.5 Å². The van der Waals surface area contributed by atoms with Crippen molar-refractivity contribution >= 4 is 23.0 Å². The van der Waals surface area contributed by atoms with E-state index in [1.54, 1.807) is 0 Å². The first kappa shape index (κ1) is 24.3. The predicted molar refractivity (Wildman–Crippen MR) is 144 cm³/mol. The van der Waals surface area contributed by atoms with Gasteiger partial charge in [-0.2, -0.15) is 0 Å². The fourth-order valence-corrected chi connectivity index (χ4v) is 6.21. The summed E-state index contributed by atoms with van der Waals surface area (Å²) in [6, 6.07) is 4.51. The molecular formula is C29H38N6O2. The number of pyridine rings is 1. The van der Waals surface area contributed by atoms with Gasteiger partial charge < -0.3 is 15.0 Å². The molecule has 8 nitrogen and oxygen atoms in total. The molecule has 196 valence electrons. The molecule has 3 fully saturated rings. The molecule has 0 radical (unpaired) electrons. The summed E-state index contributed by atoms with van der Waals surface area (Å²) >= 11 is 0. The molecule has 3 saturated carbocycles. The Hall–Kier alpha value is -3.03. The summed E-state index contributed by atoms with van der Waals surface area (Å²) in [7, 11) is 0. The molecule has 0 aromatic carbocycles. The molecule has 1 atom stereocenters. The average molecular weight is 503 g/mol. The Morgan fingerprint density at radius 1 is 1.08 bits per heavy atom. The highest BCUT2D eigenvalue weighted by molar-refractivity contribution is 5.92. The number of nitrogens with one attached hydrogen (secondary N) is 1. The van der Waals surface area contributed by atoms with Gasteiger partial charge in [0, 0.05) is 18.8 Å². The summed E-state index contributed by atoms with van der Waals surface area (Å²) in [5.74, 6) is 2.49. The van der Waals surface area contributed by atoms with Crippen molar-refractivity contribution in [3.63, 3.8) is 0 Å². The van der Waals surface area contributed by atoms with Crippen molar-refractivity contribution in [2.45, 2.75) is 96.6 Å². The molecule has 37 heavy (non-hydrogen) atoms. The van der Waals surface area contributed by atoms with Crippen LogP contribution in [0.15, 0.2) is 18.3 Å². The van der Waals surface area contributed by atoms with E-state index in [1.165, 1.54) is 69.8 Å². The van der Waals surface area contributed by atoms with Crippen LogP contribution in [0.25, 0.3) is 22.7 Å². The first-order valence-corrected chi connectivity index (χ1v) is 14.2. The Morgan fingerprint density at radius 2 is 1.84 bits per heavy atom. The fourth-order valence-electron chi connectivity index (χ4n) is 6.21. The molecule has 0 aliphatic heterocycles. The topological polar surface area (TPSA) is 106 Å². The number of nitrogens with zero attached hydrogens (tertiary/aromatic N) is 5. The normalized spacial score (nSPS) is 23.4. The number of aromatic carboxylic acids is 1. The molecular weight excluding hydrogens is 464 g/mol. The lowest BCUT2D eigenvalue weighted by atomic mass is 9.80. The summed E-state index contributed by atoms with van der Waals surface area (Å²) in [5.41, 5.74) is 3.39. The van der Waals surface area contributed by atoms with E-state index in [4.69, 9.17) is 9.97 Å². The van der Waals surface area contributed by atoms with Crippen molar-refractivity contribution in [2.24, 2.45) is 17.8 Å². The van der Waals surface area contributed by atoms with Crippen molar-refractivity contribution < 1.29 is 9.90 Å². The highest BCUT2D eigenvalue weighted by Gasteiger charge is 2.29. The Morgan fingerprint density at radius 3 is 2.49 bits per heavy atom. The zero-order chi connectivity index (χ0) is 25.5. The molecule has 3 aliphatic rings. The Bertz CT molecular complexity index is 1290. The Kier molecular flexibility index (Phi) is 6.59. The largest absolute Gasteiger partial charge is 0.475 e. The predicted octanol–water partition coefficient (Wildman–Crippen LogP) is 6.28. The fraction of sp³-hybridized carbons (Fsp3) is 0.621. The van der Waals surface area contributed by atoms with Gasteiger partial charge in [-0.05, 0) is 86.8 Å². The van der Waals surface area contributed by atoms with Crippen molar-refractivity contribution in [1.82, 2.24) is 24.5 Å². The van der Waals surface area contributed by atoms with E-state index in [2.05, 4.69) is 45.8 Å². The molecule has 0 unspecified atom stereocenters. The molecule has 0 spiro atoms. The van der Waals surface area contributed by atoms with Gasteiger partial charge in [0.2, 0.25) is 5.82 Å². The lowest BCUT2D eigenvalue weighted by molar-refractivity contribution is 0.0684. The molecule has 3 heterocycles. The number of hydrogen-bond acceptors (Lipinski definition) is 6. The lowest BCUT2D eigenvalue weighted by Gasteiger charge is -2.32. The lowest BCUT2D eigenvalue weighted by Crippen LogP contribution is -2.31. The third-order valence-electron chi connectivity index (χ3n) is 9.18. The van der Waals surface area contributed by atoms with Crippen LogP contribution >= 0.6 is 0 Å². The number of imidazole rings is 1. The number of carboxylic acid groups (broad SMARTS) is 1. The summed E-state index contributed by atoms with van der Waals surface area (Å²) in [6.45, 7) is 5.33. The third-order valence-corrected chi connectivity index (χ3v) is 9.18. The van der Waals surface area contributed by atoms with Crippen molar-refractivity contribution in [3.05, 3.63) is 29.7 Å². The van der Waals surface area contributed by atoms with Crippen molar-refractivity contribution in [1.29, 1.82) is 0 Å². The van der Waals surface area contributed by atoms with Gasteiger partial charge in [0.15, 0.2) is 17.3 Å². The Balaban J connectivity index is 1.47. The van der Waals surface area contributed by atoms with Gasteiger partial charge in [-0.15, -0.1) is 0 Å². The number of rotatable bonds is 8. The van der Waals surface area contributed by atoms with Gasteiger partial charge in [0.1, 0.15) is 11.2 Å². The minimum absolute atomic E-state index is 0.205.